The zero-order chi connectivity index (χ0) is 21.3. The Morgan fingerprint density at radius 3 is 2.80 bits per heavy atom. The minimum absolute atomic E-state index is 0.113. The van der Waals surface area contributed by atoms with Crippen molar-refractivity contribution in [1.82, 2.24) is 14.6 Å². The standard InChI is InChI=1S/C21H22Cl2FN3O2S/c22-19-5-4-17(11-20(19)23)30(28,29)26-16-7-9-27(13-16)8-1-2-14-12-25-21-6-3-15(24)10-18(14)21/h3-6,10-12,16,25-26H,1-2,7-9,13H2. The molecule has 1 unspecified atom stereocenters. The van der Waals surface area contributed by atoms with E-state index in [2.05, 4.69) is 14.6 Å². The second kappa shape index (κ2) is 8.85. The molecule has 2 N–H and O–H groups in total. The maximum atomic E-state index is 13.5. The van der Waals surface area contributed by atoms with Crippen LogP contribution in [0.5, 0.6) is 0 Å². The molecule has 30 heavy (non-hydrogen) atoms. The summed E-state index contributed by atoms with van der Waals surface area (Å²) in [6.07, 6.45) is 4.43. The lowest BCUT2D eigenvalue weighted by molar-refractivity contribution is 0.327. The number of nitrogens with zero attached hydrogens (tertiary/aromatic N) is 1. The summed E-state index contributed by atoms with van der Waals surface area (Å²) in [6.45, 7) is 2.34. The van der Waals surface area contributed by atoms with Crippen LogP contribution in [0.2, 0.25) is 10.0 Å². The fourth-order valence-corrected chi connectivity index (χ4v) is 5.56. The van der Waals surface area contributed by atoms with E-state index in [0.29, 0.717) is 11.6 Å². The third kappa shape index (κ3) is 4.81. The van der Waals surface area contributed by atoms with Crippen molar-refractivity contribution >= 4 is 44.1 Å². The van der Waals surface area contributed by atoms with Gasteiger partial charge in [0.1, 0.15) is 5.82 Å². The van der Waals surface area contributed by atoms with E-state index in [1.807, 2.05) is 6.20 Å². The second-order valence-corrected chi connectivity index (χ2v) is 10.1. The number of aromatic amines is 1. The van der Waals surface area contributed by atoms with Crippen molar-refractivity contribution in [3.05, 3.63) is 64.0 Å². The molecule has 0 saturated carbocycles. The summed E-state index contributed by atoms with van der Waals surface area (Å²) in [7, 11) is -3.65. The number of aryl methyl sites for hydroxylation is 1. The topological polar surface area (TPSA) is 65.2 Å². The van der Waals surface area contributed by atoms with Crippen molar-refractivity contribution in [2.24, 2.45) is 0 Å². The quantitative estimate of drug-likeness (QED) is 0.531. The fraction of sp³-hybridized carbons (Fsp3) is 0.333. The molecular formula is C21H22Cl2FN3O2S. The highest BCUT2D eigenvalue weighted by molar-refractivity contribution is 7.89. The van der Waals surface area contributed by atoms with Crippen LogP contribution in [0.15, 0.2) is 47.5 Å². The van der Waals surface area contributed by atoms with Crippen LogP contribution in [0.25, 0.3) is 10.9 Å². The zero-order valence-corrected chi connectivity index (χ0v) is 18.5. The molecular weight excluding hydrogens is 448 g/mol. The van der Waals surface area contributed by atoms with E-state index in [0.717, 1.165) is 48.8 Å². The summed E-state index contributed by atoms with van der Waals surface area (Å²) in [5.74, 6) is -0.236. The molecule has 0 amide bonds. The number of rotatable bonds is 7. The van der Waals surface area contributed by atoms with Crippen molar-refractivity contribution in [1.29, 1.82) is 0 Å². The van der Waals surface area contributed by atoms with Gasteiger partial charge in [0.2, 0.25) is 10.0 Å². The Hall–Kier alpha value is -1.64. The Labute approximate surface area is 185 Å². The lowest BCUT2D eigenvalue weighted by atomic mass is 10.1. The van der Waals surface area contributed by atoms with E-state index < -0.39 is 10.0 Å². The number of H-pyrrole nitrogens is 1. The first-order valence-electron chi connectivity index (χ1n) is 9.77. The first kappa shape index (κ1) is 21.6. The summed E-state index contributed by atoms with van der Waals surface area (Å²) in [6, 6.07) is 8.91. The van der Waals surface area contributed by atoms with Crippen LogP contribution in [0.1, 0.15) is 18.4 Å². The Kier molecular flexibility index (Phi) is 6.36. The minimum Gasteiger partial charge on any atom is -0.361 e. The van der Waals surface area contributed by atoms with Crippen molar-refractivity contribution in [3.63, 3.8) is 0 Å². The van der Waals surface area contributed by atoms with Gasteiger partial charge in [-0.15, -0.1) is 0 Å². The molecule has 3 aromatic rings. The predicted octanol–water partition coefficient (Wildman–Crippen LogP) is 4.60. The molecule has 9 heteroatoms. The average molecular weight is 470 g/mol. The molecule has 1 aromatic heterocycles. The molecule has 1 aliphatic rings. The maximum Gasteiger partial charge on any atom is 0.240 e. The van der Waals surface area contributed by atoms with Gasteiger partial charge < -0.3 is 9.88 Å². The summed E-state index contributed by atoms with van der Waals surface area (Å²) in [5, 5.41) is 1.45. The van der Waals surface area contributed by atoms with Crippen molar-refractivity contribution < 1.29 is 12.8 Å². The van der Waals surface area contributed by atoms with Crippen molar-refractivity contribution in [3.8, 4) is 0 Å². The van der Waals surface area contributed by atoms with E-state index >= 15 is 0 Å². The van der Waals surface area contributed by atoms with Gasteiger partial charge in [-0.3, -0.25) is 0 Å². The molecule has 1 atom stereocenters. The highest BCUT2D eigenvalue weighted by atomic mass is 35.5. The summed E-state index contributed by atoms with van der Waals surface area (Å²) in [5.41, 5.74) is 2.03. The number of hydrogen-bond donors (Lipinski definition) is 2. The number of halogens is 3. The van der Waals surface area contributed by atoms with Crippen LogP contribution in [0, 0.1) is 5.82 Å². The van der Waals surface area contributed by atoms with Gasteiger partial charge in [-0.2, -0.15) is 0 Å². The molecule has 160 valence electrons. The molecule has 0 spiro atoms. The Bertz CT molecular complexity index is 1170. The monoisotopic (exact) mass is 469 g/mol. The number of aromatic nitrogens is 1. The number of sulfonamides is 1. The third-order valence-corrected chi connectivity index (χ3v) is 7.70. The van der Waals surface area contributed by atoms with Crippen molar-refractivity contribution in [2.45, 2.75) is 30.2 Å². The normalized spacial score (nSPS) is 17.8. The van der Waals surface area contributed by atoms with Gasteiger partial charge in [0.15, 0.2) is 0 Å². The van der Waals surface area contributed by atoms with Crippen LogP contribution in [-0.2, 0) is 16.4 Å². The molecule has 0 bridgehead atoms. The molecule has 2 aromatic carbocycles. The van der Waals surface area contributed by atoms with Crippen LogP contribution in [0.4, 0.5) is 4.39 Å². The number of fused-ring (bicyclic) bond motifs is 1. The van der Waals surface area contributed by atoms with E-state index in [4.69, 9.17) is 23.2 Å². The van der Waals surface area contributed by atoms with Gasteiger partial charge in [-0.25, -0.2) is 17.5 Å². The van der Waals surface area contributed by atoms with Gasteiger partial charge in [0.25, 0.3) is 0 Å². The second-order valence-electron chi connectivity index (χ2n) is 7.59. The van der Waals surface area contributed by atoms with Crippen LogP contribution >= 0.6 is 23.2 Å². The predicted molar refractivity (Wildman–Crippen MR) is 118 cm³/mol. The van der Waals surface area contributed by atoms with Crippen LogP contribution in [-0.4, -0.2) is 44.0 Å². The SMILES string of the molecule is O=S(=O)(NC1CCN(CCCc2c[nH]c3ccc(F)cc23)C1)c1ccc(Cl)c(Cl)c1. The summed E-state index contributed by atoms with van der Waals surface area (Å²) >= 11 is 11.8. The number of nitrogens with one attached hydrogen (secondary N) is 2. The van der Waals surface area contributed by atoms with Crippen molar-refractivity contribution in [2.75, 3.05) is 19.6 Å². The average Bonchev–Trinajstić information content (AvgIpc) is 3.30. The number of benzene rings is 2. The van der Waals surface area contributed by atoms with E-state index in [1.54, 1.807) is 12.1 Å². The molecule has 1 saturated heterocycles. The van der Waals surface area contributed by atoms with Gasteiger partial charge in [0, 0.05) is 29.7 Å². The maximum absolute atomic E-state index is 13.5. The van der Waals surface area contributed by atoms with Crippen LogP contribution < -0.4 is 4.72 Å². The lowest BCUT2D eigenvalue weighted by Crippen LogP contribution is -2.37. The Morgan fingerprint density at radius 1 is 1.17 bits per heavy atom. The molecule has 0 aliphatic carbocycles. The largest absolute Gasteiger partial charge is 0.361 e. The molecule has 2 heterocycles. The Morgan fingerprint density at radius 2 is 2.00 bits per heavy atom. The molecule has 1 aliphatic heterocycles. The fourth-order valence-electron chi connectivity index (χ4n) is 3.91. The van der Waals surface area contributed by atoms with Gasteiger partial charge in [0.05, 0.1) is 14.9 Å². The lowest BCUT2D eigenvalue weighted by Gasteiger charge is -2.17. The molecule has 5 nitrogen and oxygen atoms in total. The van der Waals surface area contributed by atoms with Crippen LogP contribution in [0.3, 0.4) is 0 Å². The first-order valence-corrected chi connectivity index (χ1v) is 12.0. The molecule has 0 radical (unpaired) electrons. The minimum atomic E-state index is -3.65. The molecule has 1 fully saturated rings. The molecule has 4 rings (SSSR count). The van der Waals surface area contributed by atoms with E-state index in [9.17, 15) is 12.8 Å². The van der Waals surface area contributed by atoms with E-state index in [1.165, 1.54) is 24.3 Å². The smallest absolute Gasteiger partial charge is 0.240 e. The summed E-state index contributed by atoms with van der Waals surface area (Å²) in [4.78, 5) is 5.54. The zero-order valence-electron chi connectivity index (χ0n) is 16.2. The first-order chi connectivity index (χ1) is 14.3. The summed E-state index contributed by atoms with van der Waals surface area (Å²) < 4.78 is 41.5. The highest BCUT2D eigenvalue weighted by Crippen LogP contribution is 2.25. The van der Waals surface area contributed by atoms with Gasteiger partial charge in [-0.1, -0.05) is 23.2 Å². The third-order valence-electron chi connectivity index (χ3n) is 5.45. The Balaban J connectivity index is 1.30. The number of hydrogen-bond acceptors (Lipinski definition) is 3. The van der Waals surface area contributed by atoms with E-state index in [-0.39, 0.29) is 21.8 Å². The number of likely N-dealkylation sites (tertiary alicyclic amines) is 1. The van der Waals surface area contributed by atoms with Gasteiger partial charge in [-0.05, 0) is 74.3 Å². The van der Waals surface area contributed by atoms with Gasteiger partial charge >= 0.3 is 0 Å². The highest BCUT2D eigenvalue weighted by Gasteiger charge is 2.27.